The molecule has 19 heavy (non-hydrogen) atoms. The average Bonchev–Trinajstić information content (AvgIpc) is 2.39. The molecule has 1 heterocycles. The van der Waals surface area contributed by atoms with Gasteiger partial charge in [-0.2, -0.15) is 4.31 Å². The minimum absolute atomic E-state index is 0. The van der Waals surface area contributed by atoms with Gasteiger partial charge in [0.1, 0.15) is 0 Å². The molecule has 0 amide bonds. The van der Waals surface area contributed by atoms with E-state index in [0.29, 0.717) is 28.5 Å². The summed E-state index contributed by atoms with van der Waals surface area (Å²) in [5.74, 6) is 0. The Kier molecular flexibility index (Phi) is 6.26. The van der Waals surface area contributed by atoms with Crippen molar-refractivity contribution in [2.24, 2.45) is 0 Å². The number of halogens is 2. The first-order valence-corrected chi connectivity index (χ1v) is 8.21. The van der Waals surface area contributed by atoms with Crippen LogP contribution in [0.1, 0.15) is 12.8 Å². The largest absolute Gasteiger partial charge is 0.317 e. The van der Waals surface area contributed by atoms with E-state index in [2.05, 4.69) is 21.2 Å². The summed E-state index contributed by atoms with van der Waals surface area (Å²) >= 11 is 3.31. The Morgan fingerprint density at radius 3 is 2.37 bits per heavy atom. The lowest BCUT2D eigenvalue weighted by Crippen LogP contribution is -2.43. The third-order valence-electron chi connectivity index (χ3n) is 3.32. The van der Waals surface area contributed by atoms with Crippen LogP contribution < -0.4 is 5.32 Å². The molecule has 1 aliphatic heterocycles. The molecule has 108 valence electrons. The zero-order valence-electron chi connectivity index (χ0n) is 10.7. The van der Waals surface area contributed by atoms with Gasteiger partial charge in [0.25, 0.3) is 0 Å². The fraction of sp³-hybridized carbons (Fsp3) is 0.500. The highest BCUT2D eigenvalue weighted by Crippen LogP contribution is 2.26. The van der Waals surface area contributed by atoms with Gasteiger partial charge in [-0.05, 0) is 48.0 Å². The molecule has 4 nitrogen and oxygen atoms in total. The van der Waals surface area contributed by atoms with Crippen molar-refractivity contribution in [2.45, 2.75) is 23.8 Å². The summed E-state index contributed by atoms with van der Waals surface area (Å²) in [6.45, 7) is 1.16. The monoisotopic (exact) mass is 368 g/mol. The molecule has 0 aliphatic carbocycles. The molecule has 1 aromatic carbocycles. The third-order valence-corrected chi connectivity index (χ3v) is 6.23. The van der Waals surface area contributed by atoms with E-state index in [4.69, 9.17) is 0 Å². The van der Waals surface area contributed by atoms with Gasteiger partial charge in [-0.1, -0.05) is 12.1 Å². The van der Waals surface area contributed by atoms with Crippen LogP contribution in [0.25, 0.3) is 0 Å². The Morgan fingerprint density at radius 2 is 1.84 bits per heavy atom. The normalized spacial score (nSPS) is 18.0. The molecule has 2 rings (SSSR count). The van der Waals surface area contributed by atoms with E-state index in [1.54, 1.807) is 22.5 Å². The smallest absolute Gasteiger partial charge is 0.244 e. The summed E-state index contributed by atoms with van der Waals surface area (Å²) in [6.07, 6.45) is 1.72. The summed E-state index contributed by atoms with van der Waals surface area (Å²) < 4.78 is 27.2. The average molecular weight is 370 g/mol. The van der Waals surface area contributed by atoms with Crippen LogP contribution in [0.2, 0.25) is 0 Å². The second-order valence-electron chi connectivity index (χ2n) is 4.40. The van der Waals surface area contributed by atoms with Gasteiger partial charge in [0.15, 0.2) is 0 Å². The zero-order valence-corrected chi connectivity index (χ0v) is 13.9. The van der Waals surface area contributed by atoms with E-state index in [1.165, 1.54) is 0 Å². The van der Waals surface area contributed by atoms with Crippen LogP contribution in [-0.2, 0) is 10.0 Å². The fourth-order valence-corrected chi connectivity index (χ4v) is 4.61. The lowest BCUT2D eigenvalue weighted by atomic mass is 10.1. The molecular formula is C12H18BrClN2O2S. The van der Waals surface area contributed by atoms with E-state index in [0.717, 1.165) is 12.8 Å². The number of rotatable bonds is 3. The number of sulfonamides is 1. The Labute approximate surface area is 129 Å². The highest BCUT2D eigenvalue weighted by molar-refractivity contribution is 9.10. The molecule has 1 fully saturated rings. The number of benzene rings is 1. The molecule has 0 saturated carbocycles. The van der Waals surface area contributed by atoms with E-state index in [9.17, 15) is 8.42 Å². The van der Waals surface area contributed by atoms with Crippen molar-refractivity contribution in [1.82, 2.24) is 9.62 Å². The summed E-state index contributed by atoms with van der Waals surface area (Å²) in [6, 6.07) is 7.39. The predicted molar refractivity (Wildman–Crippen MR) is 82.2 cm³/mol. The highest BCUT2D eigenvalue weighted by atomic mass is 79.9. The molecule has 0 spiro atoms. The molecule has 0 atom stereocenters. The maximum atomic E-state index is 12.5. The Morgan fingerprint density at radius 1 is 1.26 bits per heavy atom. The van der Waals surface area contributed by atoms with Crippen molar-refractivity contribution < 1.29 is 8.42 Å². The summed E-state index contributed by atoms with van der Waals surface area (Å²) in [5.41, 5.74) is 0. The first-order chi connectivity index (χ1) is 8.55. The van der Waals surface area contributed by atoms with Crippen LogP contribution >= 0.6 is 28.3 Å². The maximum Gasteiger partial charge on any atom is 0.244 e. The number of piperidine rings is 1. The highest BCUT2D eigenvalue weighted by Gasteiger charge is 2.29. The van der Waals surface area contributed by atoms with Crippen LogP contribution in [0.4, 0.5) is 0 Å². The van der Waals surface area contributed by atoms with Crippen molar-refractivity contribution in [3.05, 3.63) is 28.7 Å². The van der Waals surface area contributed by atoms with Gasteiger partial charge in [-0.3, -0.25) is 0 Å². The van der Waals surface area contributed by atoms with Gasteiger partial charge in [0.2, 0.25) is 10.0 Å². The SMILES string of the molecule is CNC1CCN(S(=O)(=O)c2ccccc2Br)CC1.Cl. The minimum Gasteiger partial charge on any atom is -0.317 e. The number of hydrogen-bond acceptors (Lipinski definition) is 3. The maximum absolute atomic E-state index is 12.5. The van der Waals surface area contributed by atoms with Crippen LogP contribution in [0.3, 0.4) is 0 Å². The summed E-state index contributed by atoms with van der Waals surface area (Å²) in [4.78, 5) is 0.355. The Hall–Kier alpha value is -0.140. The van der Waals surface area contributed by atoms with Crippen LogP contribution in [0, 0.1) is 0 Å². The van der Waals surface area contributed by atoms with Crippen molar-refractivity contribution in [3.63, 3.8) is 0 Å². The van der Waals surface area contributed by atoms with Gasteiger partial charge in [-0.15, -0.1) is 12.4 Å². The fourth-order valence-electron chi connectivity index (χ4n) is 2.18. The molecule has 0 radical (unpaired) electrons. The quantitative estimate of drug-likeness (QED) is 0.889. The first-order valence-electron chi connectivity index (χ1n) is 5.97. The van der Waals surface area contributed by atoms with Gasteiger partial charge < -0.3 is 5.32 Å². The molecule has 1 aliphatic rings. The summed E-state index contributed by atoms with van der Waals surface area (Å²) in [5, 5.41) is 3.20. The van der Waals surface area contributed by atoms with E-state index < -0.39 is 10.0 Å². The summed E-state index contributed by atoms with van der Waals surface area (Å²) in [7, 11) is -1.45. The molecule has 1 aromatic rings. The van der Waals surface area contributed by atoms with Gasteiger partial charge in [0, 0.05) is 23.6 Å². The second kappa shape index (κ2) is 7.04. The third kappa shape index (κ3) is 3.70. The Balaban J connectivity index is 0.00000180. The standard InChI is InChI=1S/C12H17BrN2O2S.ClH/c1-14-10-6-8-15(9-7-10)18(16,17)12-5-3-2-4-11(12)13;/h2-5,10,14H,6-9H2,1H3;1H. The van der Waals surface area contributed by atoms with E-state index >= 15 is 0 Å². The van der Waals surface area contributed by atoms with Gasteiger partial charge >= 0.3 is 0 Å². The molecule has 1 saturated heterocycles. The molecule has 0 unspecified atom stereocenters. The molecule has 0 bridgehead atoms. The van der Waals surface area contributed by atoms with Crippen molar-refractivity contribution in [2.75, 3.05) is 20.1 Å². The van der Waals surface area contributed by atoms with Crippen molar-refractivity contribution in [1.29, 1.82) is 0 Å². The molecular weight excluding hydrogens is 352 g/mol. The second-order valence-corrected chi connectivity index (χ2v) is 7.16. The van der Waals surface area contributed by atoms with E-state index in [1.807, 2.05) is 13.1 Å². The molecule has 1 N–H and O–H groups in total. The van der Waals surface area contributed by atoms with Gasteiger partial charge in [0.05, 0.1) is 4.90 Å². The van der Waals surface area contributed by atoms with Crippen LogP contribution in [0.15, 0.2) is 33.6 Å². The zero-order chi connectivity index (χ0) is 13.2. The lowest BCUT2D eigenvalue weighted by Gasteiger charge is -2.31. The van der Waals surface area contributed by atoms with Crippen LogP contribution in [-0.4, -0.2) is 38.9 Å². The van der Waals surface area contributed by atoms with Crippen molar-refractivity contribution in [3.8, 4) is 0 Å². The minimum atomic E-state index is -3.37. The topological polar surface area (TPSA) is 49.4 Å². The number of nitrogens with one attached hydrogen (secondary N) is 1. The first kappa shape index (κ1) is 16.9. The van der Waals surface area contributed by atoms with Crippen LogP contribution in [0.5, 0.6) is 0 Å². The molecule has 0 aromatic heterocycles. The number of nitrogens with zero attached hydrogens (tertiary/aromatic N) is 1. The number of hydrogen-bond donors (Lipinski definition) is 1. The van der Waals surface area contributed by atoms with E-state index in [-0.39, 0.29) is 12.4 Å². The molecule has 7 heteroatoms. The Bertz CT molecular complexity index is 516. The lowest BCUT2D eigenvalue weighted by molar-refractivity contribution is 0.298. The predicted octanol–water partition coefficient (Wildman–Crippen LogP) is 2.24. The van der Waals surface area contributed by atoms with Gasteiger partial charge in [-0.25, -0.2) is 8.42 Å². The van der Waals surface area contributed by atoms with Crippen molar-refractivity contribution >= 4 is 38.4 Å².